The molecule has 0 saturated carbocycles. The van der Waals surface area contributed by atoms with Gasteiger partial charge in [-0.2, -0.15) is 18.2 Å². The van der Waals surface area contributed by atoms with Gasteiger partial charge in [0.15, 0.2) is 0 Å². The maximum Gasteiger partial charge on any atom is 0.416 e. The van der Waals surface area contributed by atoms with Crippen LogP contribution in [-0.2, 0) is 10.9 Å². The molecule has 0 atom stereocenters. The fourth-order valence-corrected chi connectivity index (χ4v) is 3.46. The molecule has 0 aliphatic carbocycles. The Morgan fingerprint density at radius 1 is 1.03 bits per heavy atom. The molecule has 32 heavy (non-hydrogen) atoms. The summed E-state index contributed by atoms with van der Waals surface area (Å²) in [5.74, 6) is 1.76. The lowest BCUT2D eigenvalue weighted by Gasteiger charge is -2.28. The average Bonchev–Trinajstić information content (AvgIpc) is 2.81. The van der Waals surface area contributed by atoms with E-state index in [-0.39, 0.29) is 0 Å². The van der Waals surface area contributed by atoms with Crippen LogP contribution in [-0.4, -0.2) is 43.4 Å². The minimum atomic E-state index is -4.38. The third kappa shape index (κ3) is 4.77. The largest absolute Gasteiger partial charge is 0.497 e. The Kier molecular flexibility index (Phi) is 6.18. The summed E-state index contributed by atoms with van der Waals surface area (Å²) in [6.07, 6.45) is -4.38. The molecular weight excluding hydrogens is 421 g/mol. The molecule has 4 rings (SSSR count). The van der Waals surface area contributed by atoms with Gasteiger partial charge in [0, 0.05) is 29.9 Å². The van der Waals surface area contributed by atoms with Crippen molar-refractivity contribution in [2.45, 2.75) is 13.1 Å². The summed E-state index contributed by atoms with van der Waals surface area (Å²) in [4.78, 5) is 11.5. The van der Waals surface area contributed by atoms with Crippen LogP contribution in [0.15, 0.2) is 48.5 Å². The number of anilines is 3. The summed E-state index contributed by atoms with van der Waals surface area (Å²) >= 11 is 0. The van der Waals surface area contributed by atoms with Crippen LogP contribution in [0.4, 0.5) is 30.6 Å². The van der Waals surface area contributed by atoms with Gasteiger partial charge >= 0.3 is 6.18 Å². The molecular formula is C23H23F3N4O2. The second-order valence-electron chi connectivity index (χ2n) is 7.38. The molecule has 1 N–H and O–H groups in total. The van der Waals surface area contributed by atoms with Crippen molar-refractivity contribution in [3.63, 3.8) is 0 Å². The van der Waals surface area contributed by atoms with Gasteiger partial charge in [-0.1, -0.05) is 12.1 Å². The zero-order valence-electron chi connectivity index (χ0n) is 17.7. The normalized spacial score (nSPS) is 14.3. The number of methoxy groups -OCH3 is 1. The van der Waals surface area contributed by atoms with Crippen LogP contribution in [0.5, 0.6) is 5.75 Å². The third-order valence-corrected chi connectivity index (χ3v) is 5.25. The zero-order valence-corrected chi connectivity index (χ0v) is 17.7. The van der Waals surface area contributed by atoms with Gasteiger partial charge in [0.2, 0.25) is 5.95 Å². The molecule has 0 unspecified atom stereocenters. The molecule has 168 valence electrons. The van der Waals surface area contributed by atoms with Crippen LogP contribution in [0.1, 0.15) is 11.1 Å². The molecule has 1 aliphatic rings. The Morgan fingerprint density at radius 2 is 1.75 bits per heavy atom. The fourth-order valence-electron chi connectivity index (χ4n) is 3.46. The predicted molar refractivity (Wildman–Crippen MR) is 117 cm³/mol. The molecule has 6 nitrogen and oxygen atoms in total. The predicted octanol–water partition coefficient (Wildman–Crippen LogP) is 5.06. The Hall–Kier alpha value is -3.33. The first kappa shape index (κ1) is 21.9. The molecule has 1 saturated heterocycles. The highest BCUT2D eigenvalue weighted by Gasteiger charge is 2.30. The maximum absolute atomic E-state index is 12.9. The van der Waals surface area contributed by atoms with Gasteiger partial charge in [-0.25, -0.2) is 4.98 Å². The van der Waals surface area contributed by atoms with E-state index in [1.165, 1.54) is 12.1 Å². The van der Waals surface area contributed by atoms with E-state index >= 15 is 0 Å². The monoisotopic (exact) mass is 444 g/mol. The summed E-state index contributed by atoms with van der Waals surface area (Å²) in [5, 5.41) is 3.16. The minimum absolute atomic E-state index is 0.504. The highest BCUT2D eigenvalue weighted by molar-refractivity contribution is 5.73. The van der Waals surface area contributed by atoms with Crippen molar-refractivity contribution in [1.29, 1.82) is 0 Å². The van der Waals surface area contributed by atoms with Crippen molar-refractivity contribution in [2.24, 2.45) is 0 Å². The third-order valence-electron chi connectivity index (χ3n) is 5.25. The number of aromatic nitrogens is 2. The summed E-state index contributed by atoms with van der Waals surface area (Å²) in [7, 11) is 1.60. The lowest BCUT2D eigenvalue weighted by molar-refractivity contribution is -0.137. The van der Waals surface area contributed by atoms with Gasteiger partial charge in [0.1, 0.15) is 11.6 Å². The highest BCUT2D eigenvalue weighted by Crippen LogP contribution is 2.33. The lowest BCUT2D eigenvalue weighted by Crippen LogP contribution is -2.37. The standard InChI is InChI=1S/C23H23F3N4O2/c1-15-20(16-4-3-5-19(14-16)31-2)28-22(30-10-12-32-13-11-30)29-21(15)27-18-8-6-17(7-9-18)23(24,25)26/h3-9,14H,10-13H2,1-2H3,(H,27,28,29). The van der Waals surface area contributed by atoms with Crippen molar-refractivity contribution in [3.05, 3.63) is 59.7 Å². The van der Waals surface area contributed by atoms with Crippen molar-refractivity contribution in [3.8, 4) is 17.0 Å². The number of rotatable bonds is 5. The number of morpholine rings is 1. The van der Waals surface area contributed by atoms with E-state index in [1.807, 2.05) is 36.1 Å². The number of nitrogens with zero attached hydrogens (tertiary/aromatic N) is 3. The van der Waals surface area contributed by atoms with E-state index in [1.54, 1.807) is 7.11 Å². The molecule has 9 heteroatoms. The van der Waals surface area contributed by atoms with E-state index in [9.17, 15) is 13.2 Å². The van der Waals surface area contributed by atoms with Gasteiger partial charge in [0.25, 0.3) is 0 Å². The first-order valence-electron chi connectivity index (χ1n) is 10.1. The Bertz CT molecular complexity index is 1080. The number of benzene rings is 2. The molecule has 2 aromatic carbocycles. The maximum atomic E-state index is 12.9. The van der Waals surface area contributed by atoms with Gasteiger partial charge in [0.05, 0.1) is 31.6 Å². The Labute approximate surface area is 184 Å². The quantitative estimate of drug-likeness (QED) is 0.594. The van der Waals surface area contributed by atoms with Crippen LogP contribution >= 0.6 is 0 Å². The number of halogens is 3. The summed E-state index contributed by atoms with van der Waals surface area (Å²) < 4.78 is 49.5. The molecule has 2 heterocycles. The van der Waals surface area contributed by atoms with Crippen molar-refractivity contribution < 1.29 is 22.6 Å². The molecule has 0 radical (unpaired) electrons. The van der Waals surface area contributed by atoms with Gasteiger partial charge in [-0.3, -0.25) is 0 Å². The summed E-state index contributed by atoms with van der Waals surface area (Å²) in [6, 6.07) is 12.4. The van der Waals surface area contributed by atoms with Gasteiger partial charge < -0.3 is 19.7 Å². The van der Waals surface area contributed by atoms with E-state index in [0.717, 1.165) is 29.0 Å². The van der Waals surface area contributed by atoms with Gasteiger partial charge in [-0.15, -0.1) is 0 Å². The fraction of sp³-hybridized carbons (Fsp3) is 0.304. The number of hydrogen-bond acceptors (Lipinski definition) is 6. The topological polar surface area (TPSA) is 59.5 Å². The Balaban J connectivity index is 1.74. The van der Waals surface area contributed by atoms with Crippen molar-refractivity contribution >= 4 is 17.5 Å². The van der Waals surface area contributed by atoms with Crippen LogP contribution in [0.2, 0.25) is 0 Å². The molecule has 0 bridgehead atoms. The lowest BCUT2D eigenvalue weighted by atomic mass is 10.1. The van der Waals surface area contributed by atoms with Crippen molar-refractivity contribution in [2.75, 3.05) is 43.6 Å². The molecule has 1 aliphatic heterocycles. The van der Waals surface area contributed by atoms with E-state index < -0.39 is 11.7 Å². The second-order valence-corrected chi connectivity index (χ2v) is 7.38. The summed E-state index contributed by atoms with van der Waals surface area (Å²) in [5.41, 5.74) is 2.15. The summed E-state index contributed by atoms with van der Waals surface area (Å²) in [6.45, 7) is 4.34. The van der Waals surface area contributed by atoms with E-state index in [4.69, 9.17) is 14.5 Å². The van der Waals surface area contributed by atoms with Crippen LogP contribution < -0.4 is 15.0 Å². The first-order valence-corrected chi connectivity index (χ1v) is 10.1. The van der Waals surface area contributed by atoms with Crippen LogP contribution in [0, 0.1) is 6.92 Å². The zero-order chi connectivity index (χ0) is 22.7. The highest BCUT2D eigenvalue weighted by atomic mass is 19.4. The average molecular weight is 444 g/mol. The molecule has 0 spiro atoms. The first-order chi connectivity index (χ1) is 15.3. The Morgan fingerprint density at radius 3 is 2.41 bits per heavy atom. The second kappa shape index (κ2) is 9.04. The molecule has 0 amide bonds. The SMILES string of the molecule is COc1cccc(-c2nc(N3CCOCC3)nc(Nc3ccc(C(F)(F)F)cc3)c2C)c1. The van der Waals surface area contributed by atoms with E-state index in [2.05, 4.69) is 10.3 Å². The number of nitrogens with one attached hydrogen (secondary N) is 1. The van der Waals surface area contributed by atoms with E-state index in [0.29, 0.717) is 49.5 Å². The number of hydrogen-bond donors (Lipinski definition) is 1. The minimum Gasteiger partial charge on any atom is -0.497 e. The van der Waals surface area contributed by atoms with Crippen LogP contribution in [0.3, 0.4) is 0 Å². The number of alkyl halides is 3. The van der Waals surface area contributed by atoms with Crippen LogP contribution in [0.25, 0.3) is 11.3 Å². The molecule has 1 fully saturated rings. The smallest absolute Gasteiger partial charge is 0.416 e. The molecule has 3 aromatic rings. The van der Waals surface area contributed by atoms with Crippen molar-refractivity contribution in [1.82, 2.24) is 9.97 Å². The van der Waals surface area contributed by atoms with Gasteiger partial charge in [-0.05, 0) is 43.3 Å². The number of ether oxygens (including phenoxy) is 2. The molecule has 1 aromatic heterocycles.